The van der Waals surface area contributed by atoms with E-state index in [1.165, 1.54) is 25.2 Å². The first-order chi connectivity index (χ1) is 8.90. The van der Waals surface area contributed by atoms with E-state index < -0.39 is 10.0 Å². The molecule has 1 rings (SSSR count). The van der Waals surface area contributed by atoms with Gasteiger partial charge in [0.2, 0.25) is 10.0 Å². The van der Waals surface area contributed by atoms with Crippen LogP contribution in [0.3, 0.4) is 0 Å². The Hall–Kier alpha value is -1.31. The molecule has 19 heavy (non-hydrogen) atoms. The summed E-state index contributed by atoms with van der Waals surface area (Å²) in [7, 11) is 3.24. The number of methoxy groups -OCH3 is 2. The second-order valence-corrected chi connectivity index (χ2v) is 6.11. The lowest BCUT2D eigenvalue weighted by Crippen LogP contribution is -3.06. The van der Waals surface area contributed by atoms with Gasteiger partial charge in [-0.3, -0.25) is 0 Å². The van der Waals surface area contributed by atoms with Crippen LogP contribution < -0.4 is 19.1 Å². The molecule has 1 aromatic carbocycles. The standard InChI is InChI=1S/C12H20N2O4S/c1-14(2)8-7-13-19(15,16)12-9-10(17-3)5-6-11(12)18-4/h5-6,9,13H,7-8H2,1-4H3/p+1. The lowest BCUT2D eigenvalue weighted by molar-refractivity contribution is -0.856. The number of benzene rings is 1. The summed E-state index contributed by atoms with van der Waals surface area (Å²) in [4.78, 5) is 1.25. The first-order valence-electron chi connectivity index (χ1n) is 5.91. The van der Waals surface area contributed by atoms with Gasteiger partial charge in [0.1, 0.15) is 16.4 Å². The molecule has 0 unspecified atom stereocenters. The van der Waals surface area contributed by atoms with Crippen molar-refractivity contribution in [2.24, 2.45) is 0 Å². The minimum Gasteiger partial charge on any atom is -0.497 e. The van der Waals surface area contributed by atoms with Crippen LogP contribution in [0.15, 0.2) is 23.1 Å². The van der Waals surface area contributed by atoms with Gasteiger partial charge in [0.25, 0.3) is 0 Å². The maximum Gasteiger partial charge on any atom is 0.244 e. The summed E-state index contributed by atoms with van der Waals surface area (Å²) in [6.07, 6.45) is 0. The van der Waals surface area contributed by atoms with Gasteiger partial charge in [-0.25, -0.2) is 13.1 Å². The SMILES string of the molecule is COc1ccc(OC)c(S(=O)(=O)NCC[NH+](C)C)c1. The van der Waals surface area contributed by atoms with E-state index in [9.17, 15) is 8.42 Å². The van der Waals surface area contributed by atoms with Crippen molar-refractivity contribution >= 4 is 10.0 Å². The van der Waals surface area contributed by atoms with E-state index in [2.05, 4.69) is 4.72 Å². The Morgan fingerprint density at radius 2 is 1.89 bits per heavy atom. The Morgan fingerprint density at radius 3 is 2.42 bits per heavy atom. The molecule has 0 saturated carbocycles. The molecule has 0 aliphatic carbocycles. The van der Waals surface area contributed by atoms with Crippen molar-refractivity contribution in [1.82, 2.24) is 4.72 Å². The van der Waals surface area contributed by atoms with Gasteiger partial charge in [-0.2, -0.15) is 0 Å². The molecule has 0 atom stereocenters. The van der Waals surface area contributed by atoms with E-state index in [0.29, 0.717) is 24.6 Å². The quantitative estimate of drug-likeness (QED) is 0.684. The van der Waals surface area contributed by atoms with Gasteiger partial charge >= 0.3 is 0 Å². The van der Waals surface area contributed by atoms with Gasteiger partial charge in [0.05, 0.1) is 41.4 Å². The van der Waals surface area contributed by atoms with Gasteiger partial charge in [-0.05, 0) is 12.1 Å². The molecule has 0 amide bonds. The number of quaternary nitrogens is 1. The van der Waals surface area contributed by atoms with Gasteiger partial charge in [0.15, 0.2) is 0 Å². The third-order valence-electron chi connectivity index (χ3n) is 2.58. The van der Waals surface area contributed by atoms with Crippen molar-refractivity contribution < 1.29 is 22.8 Å². The first kappa shape index (κ1) is 15.7. The number of hydrogen-bond donors (Lipinski definition) is 2. The molecule has 7 heteroatoms. The second kappa shape index (κ2) is 6.74. The molecule has 0 aromatic heterocycles. The summed E-state index contributed by atoms with van der Waals surface area (Å²) in [6, 6.07) is 4.68. The van der Waals surface area contributed by atoms with Crippen LogP contribution in [0, 0.1) is 0 Å². The summed E-state index contributed by atoms with van der Waals surface area (Å²) in [6.45, 7) is 1.07. The van der Waals surface area contributed by atoms with E-state index >= 15 is 0 Å². The summed E-state index contributed by atoms with van der Waals surface area (Å²) < 4.78 is 37.1. The summed E-state index contributed by atoms with van der Waals surface area (Å²) in [5.41, 5.74) is 0. The molecule has 0 spiro atoms. The fourth-order valence-electron chi connectivity index (χ4n) is 1.51. The zero-order chi connectivity index (χ0) is 14.5. The van der Waals surface area contributed by atoms with Crippen molar-refractivity contribution in [2.45, 2.75) is 4.90 Å². The fraction of sp³-hybridized carbons (Fsp3) is 0.500. The predicted molar refractivity (Wildman–Crippen MR) is 72.4 cm³/mol. The largest absolute Gasteiger partial charge is 0.497 e. The number of sulfonamides is 1. The molecule has 0 fully saturated rings. The van der Waals surface area contributed by atoms with Crippen LogP contribution in [0.2, 0.25) is 0 Å². The van der Waals surface area contributed by atoms with Gasteiger partial charge in [-0.15, -0.1) is 0 Å². The van der Waals surface area contributed by atoms with Crippen LogP contribution in [0.5, 0.6) is 11.5 Å². The summed E-state index contributed by atoms with van der Waals surface area (Å²) in [5.74, 6) is 0.768. The number of ether oxygens (including phenoxy) is 2. The minimum atomic E-state index is -3.60. The topological polar surface area (TPSA) is 69.1 Å². The van der Waals surface area contributed by atoms with Crippen molar-refractivity contribution in [1.29, 1.82) is 0 Å². The number of nitrogens with one attached hydrogen (secondary N) is 2. The Labute approximate surface area is 114 Å². The number of likely N-dealkylation sites (N-methyl/N-ethyl adjacent to an activating group) is 1. The minimum absolute atomic E-state index is 0.0862. The average Bonchev–Trinajstić information content (AvgIpc) is 2.37. The molecule has 0 heterocycles. The van der Waals surface area contributed by atoms with Crippen LogP contribution in [-0.4, -0.2) is 49.8 Å². The molecule has 0 aliphatic heterocycles. The van der Waals surface area contributed by atoms with E-state index in [-0.39, 0.29) is 4.90 Å². The van der Waals surface area contributed by atoms with Crippen molar-refractivity contribution in [3.05, 3.63) is 18.2 Å². The molecule has 108 valence electrons. The smallest absolute Gasteiger partial charge is 0.244 e. The molecule has 0 radical (unpaired) electrons. The fourth-order valence-corrected chi connectivity index (χ4v) is 2.72. The number of rotatable bonds is 7. The molecule has 2 N–H and O–H groups in total. The average molecular weight is 289 g/mol. The summed E-state index contributed by atoms with van der Waals surface area (Å²) in [5, 5.41) is 0. The molecule has 0 saturated heterocycles. The van der Waals surface area contributed by atoms with Crippen LogP contribution in [0.25, 0.3) is 0 Å². The zero-order valence-corrected chi connectivity index (χ0v) is 12.5. The molecule has 1 aromatic rings. The van der Waals surface area contributed by atoms with Gasteiger partial charge < -0.3 is 14.4 Å². The maximum atomic E-state index is 12.2. The highest BCUT2D eigenvalue weighted by molar-refractivity contribution is 7.89. The Balaban J connectivity index is 2.98. The highest BCUT2D eigenvalue weighted by Crippen LogP contribution is 2.27. The molecule has 0 bridgehead atoms. The van der Waals surface area contributed by atoms with Crippen molar-refractivity contribution in [3.63, 3.8) is 0 Å². The molecular formula is C12H21N2O4S+. The van der Waals surface area contributed by atoms with Crippen molar-refractivity contribution in [2.75, 3.05) is 41.4 Å². The number of hydrogen-bond acceptors (Lipinski definition) is 4. The van der Waals surface area contributed by atoms with Crippen LogP contribution in [0.4, 0.5) is 0 Å². The summed E-state index contributed by atoms with van der Waals surface area (Å²) >= 11 is 0. The highest BCUT2D eigenvalue weighted by atomic mass is 32.2. The van der Waals surface area contributed by atoms with E-state index in [1.54, 1.807) is 12.1 Å². The van der Waals surface area contributed by atoms with E-state index in [4.69, 9.17) is 9.47 Å². The Bertz CT molecular complexity index is 514. The van der Waals surface area contributed by atoms with Gasteiger partial charge in [-0.1, -0.05) is 0 Å². The first-order valence-corrected chi connectivity index (χ1v) is 7.39. The van der Waals surface area contributed by atoms with Crippen LogP contribution in [-0.2, 0) is 10.0 Å². The third kappa shape index (κ3) is 4.38. The Kier molecular flexibility index (Phi) is 5.59. The molecule has 0 aliphatic rings. The van der Waals surface area contributed by atoms with Crippen LogP contribution >= 0.6 is 0 Å². The predicted octanol–water partition coefficient (Wildman–Crippen LogP) is -0.873. The lowest BCUT2D eigenvalue weighted by Gasteiger charge is -2.13. The molecular weight excluding hydrogens is 268 g/mol. The van der Waals surface area contributed by atoms with E-state index in [1.807, 2.05) is 14.1 Å². The Morgan fingerprint density at radius 1 is 1.21 bits per heavy atom. The normalized spacial score (nSPS) is 11.6. The van der Waals surface area contributed by atoms with Crippen molar-refractivity contribution in [3.8, 4) is 11.5 Å². The highest BCUT2D eigenvalue weighted by Gasteiger charge is 2.20. The lowest BCUT2D eigenvalue weighted by atomic mass is 10.3. The van der Waals surface area contributed by atoms with Gasteiger partial charge in [0, 0.05) is 6.07 Å². The van der Waals surface area contributed by atoms with E-state index in [0.717, 1.165) is 0 Å². The molecule has 6 nitrogen and oxygen atoms in total. The van der Waals surface area contributed by atoms with Crippen LogP contribution in [0.1, 0.15) is 0 Å². The zero-order valence-electron chi connectivity index (χ0n) is 11.7. The monoisotopic (exact) mass is 289 g/mol. The second-order valence-electron chi connectivity index (χ2n) is 4.37. The maximum absolute atomic E-state index is 12.2. The third-order valence-corrected chi connectivity index (χ3v) is 4.06.